The van der Waals surface area contributed by atoms with Gasteiger partial charge in [-0.3, -0.25) is 4.90 Å². The molecular weight excluding hydrogens is 434 g/mol. The molecule has 0 saturated carbocycles. The number of fused-ring (bicyclic) bond motifs is 1. The maximum absolute atomic E-state index is 10.7. The van der Waals surface area contributed by atoms with E-state index < -0.39 is 24.4 Å². The van der Waals surface area contributed by atoms with Crippen LogP contribution in [-0.4, -0.2) is 76.5 Å². The van der Waals surface area contributed by atoms with Crippen LogP contribution in [0.5, 0.6) is 11.5 Å². The Morgan fingerprint density at radius 2 is 1.74 bits per heavy atom. The summed E-state index contributed by atoms with van der Waals surface area (Å²) in [6.07, 6.45) is -3.00. The zero-order valence-corrected chi connectivity index (χ0v) is 20.4. The Kier molecular flexibility index (Phi) is 9.74. The van der Waals surface area contributed by atoms with E-state index in [0.717, 1.165) is 36.1 Å². The molecule has 3 rings (SSSR count). The van der Waals surface area contributed by atoms with Crippen LogP contribution in [0.25, 0.3) is 0 Å². The monoisotopic (exact) mass is 473 g/mol. The number of rotatable bonds is 4. The topological polar surface area (TPSA) is 103 Å². The summed E-state index contributed by atoms with van der Waals surface area (Å²) >= 11 is 0. The Morgan fingerprint density at radius 1 is 1.00 bits per heavy atom. The largest absolute Gasteiger partial charge is 0.496 e. The van der Waals surface area contributed by atoms with E-state index in [9.17, 15) is 20.4 Å². The van der Waals surface area contributed by atoms with Crippen molar-refractivity contribution in [1.82, 2.24) is 4.90 Å². The summed E-state index contributed by atoms with van der Waals surface area (Å²) in [4.78, 5) is 2.07. The van der Waals surface area contributed by atoms with Gasteiger partial charge in [-0.05, 0) is 55.0 Å². The molecule has 0 aromatic heterocycles. The molecule has 1 aliphatic rings. The minimum Gasteiger partial charge on any atom is -0.496 e. The lowest BCUT2D eigenvalue weighted by Crippen LogP contribution is -2.50. The van der Waals surface area contributed by atoms with E-state index in [1.54, 1.807) is 7.11 Å². The number of nitrogens with zero attached hydrogens (tertiary/aromatic N) is 1. The number of aryl methyl sites for hydroxylation is 1. The number of methoxy groups -OCH3 is 1. The molecule has 0 aliphatic carbocycles. The molecule has 7 nitrogen and oxygen atoms in total. The molecule has 188 valence electrons. The zero-order chi connectivity index (χ0) is 24.7. The molecule has 2 aromatic carbocycles. The van der Waals surface area contributed by atoms with Crippen LogP contribution in [0.2, 0.25) is 0 Å². The van der Waals surface area contributed by atoms with Crippen molar-refractivity contribution in [3.05, 3.63) is 59.2 Å². The van der Waals surface area contributed by atoms with Crippen LogP contribution in [0.1, 0.15) is 49.3 Å². The summed E-state index contributed by atoms with van der Waals surface area (Å²) in [5, 5.41) is 42.1. The molecule has 0 bridgehead atoms. The van der Waals surface area contributed by atoms with Crippen molar-refractivity contribution in [3.63, 3.8) is 0 Å². The summed E-state index contributed by atoms with van der Waals surface area (Å²) in [6, 6.07) is 13.8. The number of hydrogen-bond donors (Lipinski definition) is 4. The van der Waals surface area contributed by atoms with Crippen LogP contribution in [-0.2, 0) is 13.0 Å². The van der Waals surface area contributed by atoms with Crippen molar-refractivity contribution in [3.8, 4) is 11.5 Å². The molecular formula is C27H39NO6. The maximum Gasteiger partial charge on any atom is 0.123 e. The van der Waals surface area contributed by atoms with Gasteiger partial charge in [-0.2, -0.15) is 0 Å². The summed E-state index contributed by atoms with van der Waals surface area (Å²) in [5.74, 6) is 1.81. The number of ether oxygens (including phenoxy) is 2. The van der Waals surface area contributed by atoms with Gasteiger partial charge in [0, 0.05) is 18.7 Å². The van der Waals surface area contributed by atoms with Gasteiger partial charge in [-0.15, -0.1) is 0 Å². The molecule has 0 spiro atoms. The van der Waals surface area contributed by atoms with Gasteiger partial charge >= 0.3 is 0 Å². The SMILES string of the molecule is COc1ccc(C(C)C)cc1CN1CCCCc2ccccc2OC[C@@H](O)[C@@H](O)[C@H](O)[C@@H](O)C1. The lowest BCUT2D eigenvalue weighted by atomic mass is 9.99. The van der Waals surface area contributed by atoms with Crippen LogP contribution >= 0.6 is 0 Å². The molecule has 4 N–H and O–H groups in total. The van der Waals surface area contributed by atoms with Gasteiger partial charge in [0.05, 0.1) is 13.2 Å². The molecule has 7 heteroatoms. The van der Waals surface area contributed by atoms with E-state index in [-0.39, 0.29) is 13.2 Å². The molecule has 0 unspecified atom stereocenters. The quantitative estimate of drug-likeness (QED) is 0.541. The maximum atomic E-state index is 10.7. The highest BCUT2D eigenvalue weighted by atomic mass is 16.5. The van der Waals surface area contributed by atoms with Gasteiger partial charge in [0.1, 0.15) is 36.4 Å². The number of hydrogen-bond acceptors (Lipinski definition) is 7. The third kappa shape index (κ3) is 6.93. The second-order valence-electron chi connectivity index (χ2n) is 9.45. The molecule has 34 heavy (non-hydrogen) atoms. The van der Waals surface area contributed by atoms with Crippen molar-refractivity contribution < 1.29 is 29.9 Å². The molecule has 0 amide bonds. The average Bonchev–Trinajstić information content (AvgIpc) is 2.83. The van der Waals surface area contributed by atoms with Crippen LogP contribution in [0, 0.1) is 0 Å². The van der Waals surface area contributed by atoms with Crippen molar-refractivity contribution in [2.45, 2.75) is 70.0 Å². The lowest BCUT2D eigenvalue weighted by Gasteiger charge is -2.31. The molecule has 0 fully saturated rings. The predicted molar refractivity (Wildman–Crippen MR) is 131 cm³/mol. The Hall–Kier alpha value is -2.16. The fourth-order valence-electron chi connectivity index (χ4n) is 4.36. The highest BCUT2D eigenvalue weighted by molar-refractivity contribution is 5.38. The molecule has 0 radical (unpaired) electrons. The first-order chi connectivity index (χ1) is 16.3. The predicted octanol–water partition coefficient (Wildman–Crippen LogP) is 2.48. The Bertz CT molecular complexity index is 904. The first kappa shape index (κ1) is 26.4. The van der Waals surface area contributed by atoms with E-state index in [0.29, 0.717) is 24.8 Å². The first-order valence-electron chi connectivity index (χ1n) is 12.1. The highest BCUT2D eigenvalue weighted by Crippen LogP contribution is 2.26. The molecule has 2 aromatic rings. The summed E-state index contributed by atoms with van der Waals surface area (Å²) in [6.45, 7) is 5.48. The number of benzene rings is 2. The van der Waals surface area contributed by atoms with Crippen molar-refractivity contribution in [2.24, 2.45) is 0 Å². The second-order valence-corrected chi connectivity index (χ2v) is 9.45. The van der Waals surface area contributed by atoms with Crippen molar-refractivity contribution >= 4 is 0 Å². The van der Waals surface area contributed by atoms with E-state index in [1.165, 1.54) is 5.56 Å². The van der Waals surface area contributed by atoms with Crippen LogP contribution in [0.3, 0.4) is 0 Å². The fraction of sp³-hybridized carbons (Fsp3) is 0.556. The van der Waals surface area contributed by atoms with Gasteiger partial charge in [0.15, 0.2) is 0 Å². The van der Waals surface area contributed by atoms with Gasteiger partial charge < -0.3 is 29.9 Å². The number of β-amino-alcohol motifs (C(OH)–C–C–N with tert-alkyl or cyclic N) is 1. The van der Waals surface area contributed by atoms with E-state index >= 15 is 0 Å². The van der Waals surface area contributed by atoms with Crippen LogP contribution < -0.4 is 9.47 Å². The van der Waals surface area contributed by atoms with E-state index in [4.69, 9.17) is 9.47 Å². The first-order valence-corrected chi connectivity index (χ1v) is 12.1. The average molecular weight is 474 g/mol. The standard InChI is InChI=1S/C27H39NO6/c1-18(2)20-11-12-24(33-3)21(14-20)15-28-13-7-6-9-19-8-4-5-10-25(19)34-17-23(30)27(32)26(31)22(29)16-28/h4-5,8,10-12,14,18,22-23,26-27,29-32H,6-7,9,13,15-17H2,1-3H3/t22-,23+,26+,27+/m0/s1. The molecule has 0 saturated heterocycles. The van der Waals surface area contributed by atoms with Gasteiger partial charge in [-0.25, -0.2) is 0 Å². The normalized spacial score (nSPS) is 25.3. The second kappa shape index (κ2) is 12.5. The molecule has 4 atom stereocenters. The lowest BCUT2D eigenvalue weighted by molar-refractivity contribution is -0.118. The molecule has 1 heterocycles. The van der Waals surface area contributed by atoms with Gasteiger partial charge in [0.2, 0.25) is 0 Å². The number of aliphatic hydroxyl groups is 4. The van der Waals surface area contributed by atoms with Crippen LogP contribution in [0.15, 0.2) is 42.5 Å². The van der Waals surface area contributed by atoms with E-state index in [1.807, 2.05) is 30.3 Å². The number of para-hydroxylation sites is 1. The summed E-state index contributed by atoms with van der Waals surface area (Å²) in [7, 11) is 1.65. The third-order valence-electron chi connectivity index (χ3n) is 6.50. The zero-order valence-electron chi connectivity index (χ0n) is 20.4. The smallest absolute Gasteiger partial charge is 0.123 e. The molecule has 1 aliphatic heterocycles. The Balaban J connectivity index is 1.83. The third-order valence-corrected chi connectivity index (χ3v) is 6.50. The van der Waals surface area contributed by atoms with Crippen LogP contribution in [0.4, 0.5) is 0 Å². The fourth-order valence-corrected chi connectivity index (χ4v) is 4.36. The van der Waals surface area contributed by atoms with E-state index in [2.05, 4.69) is 30.9 Å². The van der Waals surface area contributed by atoms with Crippen molar-refractivity contribution in [2.75, 3.05) is 26.8 Å². The summed E-state index contributed by atoms with van der Waals surface area (Å²) < 4.78 is 11.3. The number of aliphatic hydroxyl groups excluding tert-OH is 4. The van der Waals surface area contributed by atoms with Gasteiger partial charge in [-0.1, -0.05) is 44.2 Å². The van der Waals surface area contributed by atoms with Gasteiger partial charge in [0.25, 0.3) is 0 Å². The highest BCUT2D eigenvalue weighted by Gasteiger charge is 2.32. The summed E-state index contributed by atoms with van der Waals surface area (Å²) in [5.41, 5.74) is 3.25. The minimum absolute atomic E-state index is 0.150. The van der Waals surface area contributed by atoms with Crippen molar-refractivity contribution in [1.29, 1.82) is 0 Å². The minimum atomic E-state index is -1.54. The Labute approximate surface area is 202 Å². The Morgan fingerprint density at radius 3 is 2.47 bits per heavy atom.